The Balaban J connectivity index is 1.91. The van der Waals surface area contributed by atoms with E-state index in [2.05, 4.69) is 10.5 Å². The first kappa shape index (κ1) is 14.1. The van der Waals surface area contributed by atoms with Crippen molar-refractivity contribution in [1.82, 2.24) is 5.43 Å². The van der Waals surface area contributed by atoms with Crippen LogP contribution in [0.1, 0.15) is 10.4 Å². The Morgan fingerprint density at radius 3 is 2.89 bits per heavy atom. The molecular weight excluding hydrogens is 303 g/mol. The molecule has 0 aliphatic rings. The summed E-state index contributed by atoms with van der Waals surface area (Å²) < 4.78 is 0. The molecule has 0 aliphatic carbocycles. The number of hydrazone groups is 1. The number of hydrogen-bond acceptors (Lipinski definition) is 3. The molecule has 6 heteroatoms. The maximum atomic E-state index is 11.6. The number of halogens is 2. The molecule has 0 spiro atoms. The first-order valence-corrected chi connectivity index (χ1v) is 7.08. The standard InChI is InChI=1S/C13H10Cl2N2OS/c14-10-4-3-9(12(15)6-10)8-16-17-13(18)7-11-2-1-5-19-11/h1-6,8H,7H2,(H,17,18). The van der Waals surface area contributed by atoms with Gasteiger partial charge >= 0.3 is 0 Å². The fourth-order valence-electron chi connectivity index (χ4n) is 1.39. The fourth-order valence-corrected chi connectivity index (χ4v) is 2.55. The van der Waals surface area contributed by atoms with Gasteiger partial charge in [0.05, 0.1) is 17.7 Å². The van der Waals surface area contributed by atoms with E-state index in [4.69, 9.17) is 23.2 Å². The molecule has 19 heavy (non-hydrogen) atoms. The van der Waals surface area contributed by atoms with Gasteiger partial charge in [0.15, 0.2) is 0 Å². The van der Waals surface area contributed by atoms with E-state index in [1.165, 1.54) is 17.6 Å². The molecular formula is C13H10Cl2N2OS. The molecule has 0 aliphatic heterocycles. The second-order valence-corrected chi connectivity index (χ2v) is 5.59. The lowest BCUT2D eigenvalue weighted by Gasteiger charge is -1.99. The summed E-state index contributed by atoms with van der Waals surface area (Å²) in [5.74, 6) is -0.163. The summed E-state index contributed by atoms with van der Waals surface area (Å²) in [5.41, 5.74) is 3.15. The minimum Gasteiger partial charge on any atom is -0.273 e. The van der Waals surface area contributed by atoms with Crippen molar-refractivity contribution >= 4 is 46.7 Å². The first-order chi connectivity index (χ1) is 9.15. The number of carbonyl (C=O) groups is 1. The van der Waals surface area contributed by atoms with E-state index >= 15 is 0 Å². The number of benzene rings is 1. The third kappa shape index (κ3) is 4.35. The average Bonchev–Trinajstić information content (AvgIpc) is 2.84. The highest BCUT2D eigenvalue weighted by molar-refractivity contribution is 7.10. The Kier molecular flexibility index (Phi) is 4.96. The van der Waals surface area contributed by atoms with Gasteiger partial charge in [-0.05, 0) is 23.6 Å². The number of amides is 1. The van der Waals surface area contributed by atoms with Gasteiger partial charge in [0, 0.05) is 15.5 Å². The van der Waals surface area contributed by atoms with Crippen LogP contribution in [0.25, 0.3) is 0 Å². The fraction of sp³-hybridized carbons (Fsp3) is 0.0769. The summed E-state index contributed by atoms with van der Waals surface area (Å²) in [6.45, 7) is 0. The van der Waals surface area contributed by atoms with Crippen LogP contribution >= 0.6 is 34.5 Å². The topological polar surface area (TPSA) is 41.5 Å². The predicted molar refractivity (Wildman–Crippen MR) is 80.2 cm³/mol. The highest BCUT2D eigenvalue weighted by Gasteiger charge is 2.02. The van der Waals surface area contributed by atoms with Gasteiger partial charge in [0.25, 0.3) is 0 Å². The molecule has 0 radical (unpaired) electrons. The number of rotatable bonds is 4. The van der Waals surface area contributed by atoms with Crippen molar-refractivity contribution in [3.05, 3.63) is 56.2 Å². The Morgan fingerprint density at radius 2 is 2.21 bits per heavy atom. The van der Waals surface area contributed by atoms with Crippen molar-refractivity contribution < 1.29 is 4.79 Å². The van der Waals surface area contributed by atoms with Crippen molar-refractivity contribution in [2.45, 2.75) is 6.42 Å². The van der Waals surface area contributed by atoms with E-state index in [-0.39, 0.29) is 5.91 Å². The van der Waals surface area contributed by atoms with Crippen LogP contribution in [0, 0.1) is 0 Å². The Bertz CT molecular complexity index is 597. The lowest BCUT2D eigenvalue weighted by atomic mass is 10.2. The van der Waals surface area contributed by atoms with E-state index in [9.17, 15) is 4.79 Å². The second kappa shape index (κ2) is 6.70. The van der Waals surface area contributed by atoms with Gasteiger partial charge < -0.3 is 0 Å². The highest BCUT2D eigenvalue weighted by atomic mass is 35.5. The molecule has 0 saturated carbocycles. The van der Waals surface area contributed by atoms with Crippen LogP contribution in [0.4, 0.5) is 0 Å². The van der Waals surface area contributed by atoms with Gasteiger partial charge in [-0.15, -0.1) is 11.3 Å². The highest BCUT2D eigenvalue weighted by Crippen LogP contribution is 2.19. The number of carbonyl (C=O) groups excluding carboxylic acids is 1. The number of hydrogen-bond donors (Lipinski definition) is 1. The quantitative estimate of drug-likeness (QED) is 0.678. The average molecular weight is 313 g/mol. The van der Waals surface area contributed by atoms with Crippen LogP contribution in [0.2, 0.25) is 10.0 Å². The van der Waals surface area contributed by atoms with Gasteiger partial charge in [-0.3, -0.25) is 4.79 Å². The zero-order valence-electron chi connectivity index (χ0n) is 9.77. The molecule has 2 aromatic rings. The van der Waals surface area contributed by atoms with E-state index < -0.39 is 0 Å². The van der Waals surface area contributed by atoms with Crippen molar-refractivity contribution in [2.75, 3.05) is 0 Å². The minimum absolute atomic E-state index is 0.163. The van der Waals surface area contributed by atoms with Gasteiger partial charge in [-0.1, -0.05) is 35.3 Å². The third-order valence-corrected chi connectivity index (χ3v) is 3.71. The lowest BCUT2D eigenvalue weighted by Crippen LogP contribution is -2.19. The van der Waals surface area contributed by atoms with Gasteiger partial charge in [-0.25, -0.2) is 5.43 Å². The van der Waals surface area contributed by atoms with Crippen LogP contribution in [0.3, 0.4) is 0 Å². The lowest BCUT2D eigenvalue weighted by molar-refractivity contribution is -0.120. The monoisotopic (exact) mass is 312 g/mol. The van der Waals surface area contributed by atoms with Crippen LogP contribution in [-0.4, -0.2) is 12.1 Å². The van der Waals surface area contributed by atoms with Gasteiger partial charge in [0.2, 0.25) is 5.91 Å². The summed E-state index contributed by atoms with van der Waals surface area (Å²) >= 11 is 13.3. The van der Waals surface area contributed by atoms with Gasteiger partial charge in [0.1, 0.15) is 0 Å². The van der Waals surface area contributed by atoms with E-state index in [0.717, 1.165) is 4.88 Å². The molecule has 0 bridgehead atoms. The summed E-state index contributed by atoms with van der Waals surface area (Å²) in [6, 6.07) is 8.88. The molecule has 1 aromatic heterocycles. The molecule has 1 N–H and O–H groups in total. The zero-order valence-corrected chi connectivity index (χ0v) is 12.1. The Hall–Kier alpha value is -1.36. The number of thiophene rings is 1. The molecule has 0 atom stereocenters. The summed E-state index contributed by atoms with van der Waals surface area (Å²) in [6.07, 6.45) is 1.81. The molecule has 3 nitrogen and oxygen atoms in total. The normalized spacial score (nSPS) is 10.8. The van der Waals surface area contributed by atoms with Crippen molar-refractivity contribution in [2.24, 2.45) is 5.10 Å². The van der Waals surface area contributed by atoms with E-state index in [0.29, 0.717) is 22.0 Å². The second-order valence-electron chi connectivity index (χ2n) is 3.72. The molecule has 98 valence electrons. The molecule has 1 amide bonds. The molecule has 2 rings (SSSR count). The number of nitrogens with zero attached hydrogens (tertiary/aromatic N) is 1. The van der Waals surface area contributed by atoms with E-state index in [1.807, 2.05) is 17.5 Å². The summed E-state index contributed by atoms with van der Waals surface area (Å²) in [4.78, 5) is 12.6. The third-order valence-electron chi connectivity index (χ3n) is 2.27. The van der Waals surface area contributed by atoms with Crippen LogP contribution < -0.4 is 5.43 Å². The minimum atomic E-state index is -0.163. The van der Waals surface area contributed by atoms with Crippen molar-refractivity contribution in [3.63, 3.8) is 0 Å². The maximum absolute atomic E-state index is 11.6. The molecule has 1 aromatic carbocycles. The smallest absolute Gasteiger partial charge is 0.245 e. The van der Waals surface area contributed by atoms with Crippen LogP contribution in [0.5, 0.6) is 0 Å². The Labute approximate surface area is 124 Å². The SMILES string of the molecule is O=C(Cc1cccs1)NN=Cc1ccc(Cl)cc1Cl. The maximum Gasteiger partial charge on any atom is 0.245 e. The summed E-state index contributed by atoms with van der Waals surface area (Å²) in [7, 11) is 0. The first-order valence-electron chi connectivity index (χ1n) is 5.44. The molecule has 0 fully saturated rings. The van der Waals surface area contributed by atoms with Crippen molar-refractivity contribution in [3.8, 4) is 0 Å². The molecule has 1 heterocycles. The van der Waals surface area contributed by atoms with Gasteiger partial charge in [-0.2, -0.15) is 5.10 Å². The van der Waals surface area contributed by atoms with E-state index in [1.54, 1.807) is 18.2 Å². The zero-order chi connectivity index (χ0) is 13.7. The largest absolute Gasteiger partial charge is 0.273 e. The van der Waals surface area contributed by atoms with Crippen LogP contribution in [-0.2, 0) is 11.2 Å². The summed E-state index contributed by atoms with van der Waals surface area (Å²) in [5, 5.41) is 6.84. The van der Waals surface area contributed by atoms with Crippen molar-refractivity contribution in [1.29, 1.82) is 0 Å². The number of nitrogens with one attached hydrogen (secondary N) is 1. The predicted octanol–water partition coefficient (Wildman–Crippen LogP) is 3.75. The Morgan fingerprint density at radius 1 is 1.37 bits per heavy atom. The molecule has 0 saturated heterocycles. The molecule has 0 unspecified atom stereocenters. The van der Waals surface area contributed by atoms with Crippen LogP contribution in [0.15, 0.2) is 40.8 Å².